The fraction of sp³-hybridized carbons (Fsp3) is 0.188. The third kappa shape index (κ3) is 2.37. The smallest absolute Gasteiger partial charge is 0.227 e. The molecule has 0 aliphatic rings. The normalized spacial score (nSPS) is 11.1. The van der Waals surface area contributed by atoms with Crippen LogP contribution in [0.4, 0.5) is 0 Å². The predicted molar refractivity (Wildman–Crippen MR) is 76.9 cm³/mol. The summed E-state index contributed by atoms with van der Waals surface area (Å²) < 4.78 is 5.84. The molecule has 3 heteroatoms. The summed E-state index contributed by atoms with van der Waals surface area (Å²) in [6.07, 6.45) is 0. The van der Waals surface area contributed by atoms with Crippen molar-refractivity contribution in [2.45, 2.75) is 13.5 Å². The van der Waals surface area contributed by atoms with Gasteiger partial charge in [-0.15, -0.1) is 0 Å². The van der Waals surface area contributed by atoms with Crippen LogP contribution in [0.5, 0.6) is 0 Å². The van der Waals surface area contributed by atoms with Crippen LogP contribution in [0.3, 0.4) is 0 Å². The summed E-state index contributed by atoms with van der Waals surface area (Å²) in [6.45, 7) is 2.90. The summed E-state index contributed by atoms with van der Waals surface area (Å²) in [6, 6.07) is 14.3. The predicted octanol–water partition coefficient (Wildman–Crippen LogP) is 3.52. The number of aryl methyl sites for hydroxylation is 1. The van der Waals surface area contributed by atoms with Crippen LogP contribution in [0.2, 0.25) is 0 Å². The Labute approximate surface area is 112 Å². The first-order chi connectivity index (χ1) is 9.26. The minimum atomic E-state index is 0.677. The number of nitrogens with zero attached hydrogens (tertiary/aromatic N) is 1. The molecule has 0 atom stereocenters. The van der Waals surface area contributed by atoms with Crippen molar-refractivity contribution in [3.8, 4) is 11.5 Å². The quantitative estimate of drug-likeness (QED) is 0.775. The highest BCUT2D eigenvalue weighted by molar-refractivity contribution is 5.76. The molecule has 0 saturated heterocycles. The second-order valence-corrected chi connectivity index (χ2v) is 4.72. The average molecular weight is 252 g/mol. The van der Waals surface area contributed by atoms with Gasteiger partial charge in [0.1, 0.15) is 5.52 Å². The van der Waals surface area contributed by atoms with Crippen LogP contribution in [0.25, 0.3) is 22.6 Å². The summed E-state index contributed by atoms with van der Waals surface area (Å²) in [5.41, 5.74) is 5.17. The van der Waals surface area contributed by atoms with Crippen LogP contribution in [0.1, 0.15) is 11.1 Å². The second kappa shape index (κ2) is 4.86. The summed E-state index contributed by atoms with van der Waals surface area (Å²) in [4.78, 5) is 4.53. The molecular weight excluding hydrogens is 236 g/mol. The van der Waals surface area contributed by atoms with Gasteiger partial charge in [0.2, 0.25) is 5.89 Å². The minimum Gasteiger partial charge on any atom is -0.436 e. The van der Waals surface area contributed by atoms with Crippen molar-refractivity contribution < 1.29 is 4.42 Å². The van der Waals surface area contributed by atoms with E-state index in [4.69, 9.17) is 4.42 Å². The summed E-state index contributed by atoms with van der Waals surface area (Å²) in [5.74, 6) is 0.677. The van der Waals surface area contributed by atoms with E-state index in [2.05, 4.69) is 35.4 Å². The maximum absolute atomic E-state index is 5.84. The number of oxazole rings is 1. The van der Waals surface area contributed by atoms with E-state index in [1.165, 1.54) is 11.1 Å². The number of benzene rings is 2. The number of aromatic nitrogens is 1. The molecule has 0 fully saturated rings. The fourth-order valence-corrected chi connectivity index (χ4v) is 2.10. The van der Waals surface area contributed by atoms with E-state index >= 15 is 0 Å². The van der Waals surface area contributed by atoms with Gasteiger partial charge in [0.05, 0.1) is 0 Å². The summed E-state index contributed by atoms with van der Waals surface area (Å²) in [5, 5.41) is 3.13. The van der Waals surface area contributed by atoms with Gasteiger partial charge in [-0.3, -0.25) is 0 Å². The number of hydrogen-bond donors (Lipinski definition) is 1. The van der Waals surface area contributed by atoms with Gasteiger partial charge in [-0.05, 0) is 43.8 Å². The average Bonchev–Trinajstić information content (AvgIpc) is 2.83. The molecule has 0 saturated carbocycles. The van der Waals surface area contributed by atoms with Crippen LogP contribution >= 0.6 is 0 Å². The van der Waals surface area contributed by atoms with Gasteiger partial charge in [0.25, 0.3) is 0 Å². The Kier molecular flexibility index (Phi) is 3.05. The monoisotopic (exact) mass is 252 g/mol. The zero-order valence-electron chi connectivity index (χ0n) is 11.1. The van der Waals surface area contributed by atoms with Crippen molar-refractivity contribution in [1.29, 1.82) is 0 Å². The first-order valence-electron chi connectivity index (χ1n) is 6.37. The zero-order valence-corrected chi connectivity index (χ0v) is 11.1. The standard InChI is InChI=1S/C16H16N2O/c1-11-3-6-13(7-4-11)16-18-14-8-5-12(10-17-2)9-15(14)19-16/h3-9,17H,10H2,1-2H3. The third-order valence-electron chi connectivity index (χ3n) is 3.13. The maximum Gasteiger partial charge on any atom is 0.227 e. The van der Waals surface area contributed by atoms with E-state index in [0.717, 1.165) is 23.2 Å². The molecule has 0 amide bonds. The Morgan fingerprint density at radius 1 is 1.11 bits per heavy atom. The molecule has 3 nitrogen and oxygen atoms in total. The molecule has 19 heavy (non-hydrogen) atoms. The molecule has 1 aromatic heterocycles. The lowest BCUT2D eigenvalue weighted by molar-refractivity contribution is 0.619. The molecule has 3 rings (SSSR count). The van der Waals surface area contributed by atoms with E-state index in [9.17, 15) is 0 Å². The molecule has 0 aliphatic heterocycles. The highest BCUT2D eigenvalue weighted by atomic mass is 16.3. The van der Waals surface area contributed by atoms with E-state index in [-0.39, 0.29) is 0 Å². The molecular formula is C16H16N2O. The van der Waals surface area contributed by atoms with Crippen molar-refractivity contribution in [2.75, 3.05) is 7.05 Å². The highest BCUT2D eigenvalue weighted by Crippen LogP contribution is 2.25. The lowest BCUT2D eigenvalue weighted by Crippen LogP contribution is -2.04. The Morgan fingerprint density at radius 2 is 1.89 bits per heavy atom. The Morgan fingerprint density at radius 3 is 2.63 bits per heavy atom. The SMILES string of the molecule is CNCc1ccc2nc(-c3ccc(C)cc3)oc2c1. The van der Waals surface area contributed by atoms with Crippen molar-refractivity contribution >= 4 is 11.1 Å². The molecule has 2 aromatic carbocycles. The largest absolute Gasteiger partial charge is 0.436 e. The number of nitrogens with one attached hydrogen (secondary N) is 1. The molecule has 96 valence electrons. The molecule has 0 unspecified atom stereocenters. The molecule has 1 heterocycles. The molecule has 3 aromatic rings. The zero-order chi connectivity index (χ0) is 13.2. The number of fused-ring (bicyclic) bond motifs is 1. The molecule has 0 bridgehead atoms. The number of rotatable bonds is 3. The van der Waals surface area contributed by atoms with Gasteiger partial charge in [0, 0.05) is 12.1 Å². The van der Waals surface area contributed by atoms with E-state index in [1.54, 1.807) is 0 Å². The fourth-order valence-electron chi connectivity index (χ4n) is 2.10. The van der Waals surface area contributed by atoms with Gasteiger partial charge >= 0.3 is 0 Å². The van der Waals surface area contributed by atoms with Crippen LogP contribution in [-0.2, 0) is 6.54 Å². The van der Waals surface area contributed by atoms with Crippen molar-refractivity contribution in [2.24, 2.45) is 0 Å². The van der Waals surface area contributed by atoms with Gasteiger partial charge < -0.3 is 9.73 Å². The van der Waals surface area contributed by atoms with Gasteiger partial charge in [-0.25, -0.2) is 4.98 Å². The maximum atomic E-state index is 5.84. The van der Waals surface area contributed by atoms with Crippen molar-refractivity contribution in [1.82, 2.24) is 10.3 Å². The molecule has 0 radical (unpaired) electrons. The van der Waals surface area contributed by atoms with Gasteiger partial charge in [0.15, 0.2) is 5.58 Å². The van der Waals surface area contributed by atoms with Crippen LogP contribution in [0.15, 0.2) is 46.9 Å². The van der Waals surface area contributed by atoms with E-state index in [0.29, 0.717) is 5.89 Å². The first-order valence-corrected chi connectivity index (χ1v) is 6.37. The van der Waals surface area contributed by atoms with Crippen LogP contribution in [-0.4, -0.2) is 12.0 Å². The first kappa shape index (κ1) is 11.9. The Balaban J connectivity index is 2.03. The van der Waals surface area contributed by atoms with Gasteiger partial charge in [-0.1, -0.05) is 23.8 Å². The molecule has 1 N–H and O–H groups in total. The summed E-state index contributed by atoms with van der Waals surface area (Å²) in [7, 11) is 1.93. The third-order valence-corrected chi connectivity index (χ3v) is 3.13. The lowest BCUT2D eigenvalue weighted by atomic mass is 10.1. The van der Waals surface area contributed by atoms with Crippen molar-refractivity contribution in [3.05, 3.63) is 53.6 Å². The van der Waals surface area contributed by atoms with Crippen LogP contribution in [0, 0.1) is 6.92 Å². The molecule has 0 aliphatic carbocycles. The second-order valence-electron chi connectivity index (χ2n) is 4.72. The molecule has 0 spiro atoms. The van der Waals surface area contributed by atoms with Crippen molar-refractivity contribution in [3.63, 3.8) is 0 Å². The highest BCUT2D eigenvalue weighted by Gasteiger charge is 2.08. The Hall–Kier alpha value is -2.13. The van der Waals surface area contributed by atoms with E-state index < -0.39 is 0 Å². The minimum absolute atomic E-state index is 0.677. The Bertz CT molecular complexity index is 698. The topological polar surface area (TPSA) is 38.1 Å². The summed E-state index contributed by atoms with van der Waals surface area (Å²) >= 11 is 0. The van der Waals surface area contributed by atoms with E-state index in [1.807, 2.05) is 31.3 Å². The van der Waals surface area contributed by atoms with Gasteiger partial charge in [-0.2, -0.15) is 0 Å². The van der Waals surface area contributed by atoms with Crippen LogP contribution < -0.4 is 5.32 Å². The lowest BCUT2D eigenvalue weighted by Gasteiger charge is -1.97. The number of hydrogen-bond acceptors (Lipinski definition) is 3.